The molecule has 0 spiro atoms. The first-order valence-electron chi connectivity index (χ1n) is 9.20. The first kappa shape index (κ1) is 18.4. The number of para-hydroxylation sites is 2. The van der Waals surface area contributed by atoms with Crippen molar-refractivity contribution in [2.24, 2.45) is 0 Å². The summed E-state index contributed by atoms with van der Waals surface area (Å²) in [7, 11) is 0. The third kappa shape index (κ3) is 4.32. The van der Waals surface area contributed by atoms with Crippen LogP contribution < -0.4 is 21.1 Å². The van der Waals surface area contributed by atoms with Gasteiger partial charge in [0.1, 0.15) is 6.04 Å². The number of hydrogen-bond donors (Lipinski definition) is 3. The molecule has 2 aromatic carbocycles. The van der Waals surface area contributed by atoms with Crippen molar-refractivity contribution in [3.8, 4) is 0 Å². The molecule has 0 aliphatic carbocycles. The number of carbonyl (C=O) groups is 1. The van der Waals surface area contributed by atoms with Gasteiger partial charge in [-0.25, -0.2) is 10.9 Å². The summed E-state index contributed by atoms with van der Waals surface area (Å²) in [5.74, 6) is -0.0252. The molecule has 4 rings (SSSR count). The van der Waals surface area contributed by atoms with Gasteiger partial charge in [-0.1, -0.05) is 40.2 Å². The number of ether oxygens (including phenoxy) is 1. The van der Waals surface area contributed by atoms with Gasteiger partial charge in [-0.3, -0.25) is 4.79 Å². The van der Waals surface area contributed by atoms with Gasteiger partial charge in [0.05, 0.1) is 24.6 Å². The minimum atomic E-state index is -0.281. The SMILES string of the molecule is O=C(Nc1ccccc1N1CCOCC1)C1CC(c2ccc(Br)cc2)NN1. The van der Waals surface area contributed by atoms with Crippen LogP contribution in [0.3, 0.4) is 0 Å². The van der Waals surface area contributed by atoms with Crippen molar-refractivity contribution in [1.82, 2.24) is 10.9 Å². The number of amides is 1. The number of nitrogens with one attached hydrogen (secondary N) is 3. The second kappa shape index (κ2) is 8.39. The Bertz CT molecular complexity index is 793. The molecule has 7 heteroatoms. The highest BCUT2D eigenvalue weighted by molar-refractivity contribution is 9.10. The van der Waals surface area contributed by atoms with E-state index in [0.29, 0.717) is 19.6 Å². The van der Waals surface area contributed by atoms with Crippen molar-refractivity contribution in [2.75, 3.05) is 36.5 Å². The average molecular weight is 431 g/mol. The molecule has 2 heterocycles. The summed E-state index contributed by atoms with van der Waals surface area (Å²) in [6, 6.07) is 16.0. The molecule has 142 valence electrons. The molecule has 0 bridgehead atoms. The normalized spacial score (nSPS) is 22.6. The lowest BCUT2D eigenvalue weighted by Crippen LogP contribution is -2.40. The van der Waals surface area contributed by atoms with Gasteiger partial charge < -0.3 is 15.0 Å². The molecular weight excluding hydrogens is 408 g/mol. The van der Waals surface area contributed by atoms with Crippen molar-refractivity contribution in [1.29, 1.82) is 0 Å². The van der Waals surface area contributed by atoms with Gasteiger partial charge >= 0.3 is 0 Å². The second-order valence-corrected chi connectivity index (χ2v) is 7.70. The van der Waals surface area contributed by atoms with Gasteiger partial charge in [-0.15, -0.1) is 0 Å². The summed E-state index contributed by atoms with van der Waals surface area (Å²) in [6.45, 7) is 3.10. The highest BCUT2D eigenvalue weighted by Gasteiger charge is 2.30. The van der Waals surface area contributed by atoms with Gasteiger partial charge in [0.15, 0.2) is 0 Å². The molecule has 2 aromatic rings. The summed E-state index contributed by atoms with van der Waals surface area (Å²) >= 11 is 3.45. The molecule has 0 radical (unpaired) electrons. The summed E-state index contributed by atoms with van der Waals surface area (Å²) < 4.78 is 6.48. The van der Waals surface area contributed by atoms with Gasteiger partial charge in [0, 0.05) is 23.6 Å². The maximum absolute atomic E-state index is 12.8. The van der Waals surface area contributed by atoms with Gasteiger partial charge in [0.2, 0.25) is 5.91 Å². The number of benzene rings is 2. The fraction of sp³-hybridized carbons (Fsp3) is 0.350. The van der Waals surface area contributed by atoms with Crippen LogP contribution in [-0.4, -0.2) is 38.3 Å². The van der Waals surface area contributed by atoms with E-state index in [1.807, 2.05) is 36.4 Å². The quantitative estimate of drug-likeness (QED) is 0.695. The first-order chi connectivity index (χ1) is 13.2. The fourth-order valence-electron chi connectivity index (χ4n) is 3.52. The molecule has 6 nitrogen and oxygen atoms in total. The fourth-order valence-corrected chi connectivity index (χ4v) is 3.79. The van der Waals surface area contributed by atoms with E-state index in [-0.39, 0.29) is 18.0 Å². The van der Waals surface area contributed by atoms with E-state index in [2.05, 4.69) is 49.1 Å². The highest BCUT2D eigenvalue weighted by atomic mass is 79.9. The maximum atomic E-state index is 12.8. The topological polar surface area (TPSA) is 65.6 Å². The number of halogens is 1. The molecule has 27 heavy (non-hydrogen) atoms. The zero-order valence-electron chi connectivity index (χ0n) is 15.0. The van der Waals surface area contributed by atoms with Crippen LogP contribution in [0.25, 0.3) is 0 Å². The van der Waals surface area contributed by atoms with E-state index < -0.39 is 0 Å². The van der Waals surface area contributed by atoms with Crippen molar-refractivity contribution in [2.45, 2.75) is 18.5 Å². The van der Waals surface area contributed by atoms with E-state index >= 15 is 0 Å². The number of carbonyl (C=O) groups excluding carboxylic acids is 1. The summed E-state index contributed by atoms with van der Waals surface area (Å²) in [5, 5.41) is 3.10. The van der Waals surface area contributed by atoms with Crippen LogP contribution in [0.5, 0.6) is 0 Å². The van der Waals surface area contributed by atoms with E-state index in [0.717, 1.165) is 34.5 Å². The Morgan fingerprint density at radius 2 is 1.81 bits per heavy atom. The molecule has 2 unspecified atom stereocenters. The number of hydrazine groups is 1. The van der Waals surface area contributed by atoms with Gasteiger partial charge in [-0.05, 0) is 36.2 Å². The van der Waals surface area contributed by atoms with Crippen LogP contribution in [0, 0.1) is 0 Å². The van der Waals surface area contributed by atoms with Crippen LogP contribution in [-0.2, 0) is 9.53 Å². The molecule has 0 saturated carbocycles. The Morgan fingerprint density at radius 1 is 1.07 bits per heavy atom. The molecule has 2 aliphatic rings. The molecule has 2 atom stereocenters. The van der Waals surface area contributed by atoms with E-state index in [1.165, 1.54) is 0 Å². The van der Waals surface area contributed by atoms with E-state index in [4.69, 9.17) is 4.74 Å². The zero-order valence-corrected chi connectivity index (χ0v) is 16.5. The molecule has 2 saturated heterocycles. The minimum Gasteiger partial charge on any atom is -0.378 e. The lowest BCUT2D eigenvalue weighted by atomic mass is 10.0. The van der Waals surface area contributed by atoms with Crippen LogP contribution in [0.1, 0.15) is 18.0 Å². The smallest absolute Gasteiger partial charge is 0.242 e. The van der Waals surface area contributed by atoms with E-state index in [9.17, 15) is 4.79 Å². The van der Waals surface area contributed by atoms with E-state index in [1.54, 1.807) is 0 Å². The van der Waals surface area contributed by atoms with Crippen LogP contribution in [0.2, 0.25) is 0 Å². The summed E-state index contributed by atoms with van der Waals surface area (Å²) in [4.78, 5) is 15.1. The Balaban J connectivity index is 1.42. The van der Waals surface area contributed by atoms with Crippen molar-refractivity contribution in [3.05, 3.63) is 58.6 Å². The Hall–Kier alpha value is -1.93. The molecule has 1 amide bonds. The van der Waals surface area contributed by atoms with Crippen LogP contribution in [0.4, 0.5) is 11.4 Å². The van der Waals surface area contributed by atoms with Crippen molar-refractivity contribution < 1.29 is 9.53 Å². The van der Waals surface area contributed by atoms with Crippen LogP contribution in [0.15, 0.2) is 53.0 Å². The third-order valence-electron chi connectivity index (χ3n) is 5.01. The Kier molecular flexibility index (Phi) is 5.73. The summed E-state index contributed by atoms with van der Waals surface area (Å²) in [5.41, 5.74) is 9.42. The summed E-state index contributed by atoms with van der Waals surface area (Å²) in [6.07, 6.45) is 0.702. The van der Waals surface area contributed by atoms with Crippen LogP contribution >= 0.6 is 15.9 Å². The predicted molar refractivity (Wildman–Crippen MR) is 110 cm³/mol. The predicted octanol–water partition coefficient (Wildman–Crippen LogP) is 2.83. The Labute approximate surface area is 167 Å². The molecule has 2 aliphatic heterocycles. The zero-order chi connectivity index (χ0) is 18.6. The minimum absolute atomic E-state index is 0.0252. The first-order valence-corrected chi connectivity index (χ1v) is 9.99. The highest BCUT2D eigenvalue weighted by Crippen LogP contribution is 2.28. The van der Waals surface area contributed by atoms with Gasteiger partial charge in [-0.2, -0.15) is 0 Å². The van der Waals surface area contributed by atoms with Crippen molar-refractivity contribution >= 4 is 33.2 Å². The number of morpholine rings is 1. The number of rotatable bonds is 4. The number of nitrogens with zero attached hydrogens (tertiary/aromatic N) is 1. The second-order valence-electron chi connectivity index (χ2n) is 6.79. The van der Waals surface area contributed by atoms with Gasteiger partial charge in [0.25, 0.3) is 0 Å². The monoisotopic (exact) mass is 430 g/mol. The molecule has 2 fully saturated rings. The molecular formula is C20H23BrN4O2. The maximum Gasteiger partial charge on any atom is 0.242 e. The molecule has 0 aromatic heterocycles. The van der Waals surface area contributed by atoms with Crippen molar-refractivity contribution in [3.63, 3.8) is 0 Å². The molecule has 3 N–H and O–H groups in total. The lowest BCUT2D eigenvalue weighted by Gasteiger charge is -2.30. The largest absolute Gasteiger partial charge is 0.378 e. The average Bonchev–Trinajstić information content (AvgIpc) is 3.20. The Morgan fingerprint density at radius 3 is 2.59 bits per heavy atom. The number of anilines is 2. The lowest BCUT2D eigenvalue weighted by molar-refractivity contribution is -0.117. The third-order valence-corrected chi connectivity index (χ3v) is 5.53. The number of hydrogen-bond acceptors (Lipinski definition) is 5. The standard InChI is InChI=1S/C20H23BrN4O2/c21-15-7-5-14(6-8-15)17-13-18(24-23-17)20(26)22-16-3-1-2-4-19(16)25-9-11-27-12-10-25/h1-8,17-18,23-24H,9-13H2,(H,22,26).